The number of aliphatic imine (C=N–C) groups is 2. The highest BCUT2D eigenvalue weighted by Gasteiger charge is 2.46. The largest absolute Gasteiger partial charge is 0.573 e. The highest BCUT2D eigenvalue weighted by Crippen LogP contribution is 2.42. The zero-order chi connectivity index (χ0) is 21.5. The fraction of sp³-hybridized carbons (Fsp3) is 0.417. The highest BCUT2D eigenvalue weighted by molar-refractivity contribution is 6.07. The average Bonchev–Trinajstić information content (AvgIpc) is 3.51. The van der Waals surface area contributed by atoms with Crippen molar-refractivity contribution in [2.24, 2.45) is 15.9 Å². The van der Waals surface area contributed by atoms with Gasteiger partial charge in [0.1, 0.15) is 11.6 Å². The van der Waals surface area contributed by atoms with Crippen molar-refractivity contribution in [3.8, 4) is 5.75 Å². The van der Waals surface area contributed by atoms with Gasteiger partial charge in [0.15, 0.2) is 5.54 Å². The van der Waals surface area contributed by atoms with Crippen LogP contribution >= 0.6 is 0 Å². The third-order valence-corrected chi connectivity index (χ3v) is 6.19. The number of halogens is 3. The van der Waals surface area contributed by atoms with Crippen molar-refractivity contribution in [1.82, 2.24) is 4.90 Å². The zero-order valence-corrected chi connectivity index (χ0v) is 17.1. The van der Waals surface area contributed by atoms with Gasteiger partial charge in [0, 0.05) is 13.1 Å². The predicted molar refractivity (Wildman–Crippen MR) is 114 cm³/mol. The molecule has 31 heavy (non-hydrogen) atoms. The smallest absolute Gasteiger partial charge is 0.406 e. The van der Waals surface area contributed by atoms with E-state index in [0.29, 0.717) is 6.54 Å². The average molecular weight is 427 g/mol. The number of rotatable bonds is 6. The van der Waals surface area contributed by atoms with Crippen LogP contribution in [0.5, 0.6) is 5.75 Å². The predicted octanol–water partition coefficient (Wildman–Crippen LogP) is 5.32. The molecule has 0 amide bonds. The lowest BCUT2D eigenvalue weighted by Gasteiger charge is -2.33. The minimum Gasteiger partial charge on any atom is -0.406 e. The van der Waals surface area contributed by atoms with Crippen molar-refractivity contribution in [1.29, 1.82) is 0 Å². The number of hydrogen-bond acceptors (Lipinski definition) is 4. The summed E-state index contributed by atoms with van der Waals surface area (Å²) in [7, 11) is 0. The monoisotopic (exact) mass is 427 g/mol. The molecule has 162 valence electrons. The number of fused-ring (bicyclic) bond motifs is 1. The molecule has 2 aliphatic heterocycles. The van der Waals surface area contributed by atoms with Gasteiger partial charge in [-0.1, -0.05) is 49.2 Å². The molecule has 0 bridgehead atoms. The number of amidine groups is 1. The maximum Gasteiger partial charge on any atom is 0.573 e. The molecule has 1 aliphatic carbocycles. The molecule has 2 aromatic rings. The third kappa shape index (κ3) is 4.05. The van der Waals surface area contributed by atoms with E-state index in [2.05, 4.69) is 21.8 Å². The molecule has 1 fully saturated rings. The van der Waals surface area contributed by atoms with E-state index >= 15 is 0 Å². The van der Waals surface area contributed by atoms with Crippen LogP contribution in [0, 0.1) is 5.92 Å². The van der Waals surface area contributed by atoms with Crippen molar-refractivity contribution in [2.45, 2.75) is 44.0 Å². The fourth-order valence-corrected chi connectivity index (χ4v) is 4.47. The van der Waals surface area contributed by atoms with Crippen LogP contribution < -0.4 is 4.74 Å². The summed E-state index contributed by atoms with van der Waals surface area (Å²) in [6.45, 7) is 1.55. The molecule has 4 nitrogen and oxygen atoms in total. The number of ether oxygens (including phenoxy) is 1. The minimum atomic E-state index is -4.72. The molecule has 0 radical (unpaired) electrons. The normalized spacial score (nSPS) is 22.9. The van der Waals surface area contributed by atoms with Crippen LogP contribution in [0.4, 0.5) is 13.2 Å². The summed E-state index contributed by atoms with van der Waals surface area (Å²) in [6.07, 6.45) is 2.91. The fourth-order valence-electron chi connectivity index (χ4n) is 4.47. The second kappa shape index (κ2) is 7.70. The van der Waals surface area contributed by atoms with Gasteiger partial charge in [-0.2, -0.15) is 0 Å². The highest BCUT2D eigenvalue weighted by atomic mass is 19.4. The van der Waals surface area contributed by atoms with Gasteiger partial charge in [0.05, 0.1) is 6.34 Å². The molecule has 0 spiro atoms. The molecule has 0 saturated heterocycles. The van der Waals surface area contributed by atoms with Crippen LogP contribution in [-0.2, 0) is 12.0 Å². The Kier molecular flexibility index (Phi) is 4.99. The standard InChI is InChI=1S/C24H24F3N3O/c25-24(26,27)31-21-11-9-19(10-12-21)23(22-28-13-2-14-30(22)16-29-23)20-4-1-3-18(15-20)8-7-17-5-6-17/h1,3-4,9-12,15-17H,2,5-8,13-14H2. The van der Waals surface area contributed by atoms with Crippen molar-refractivity contribution in [2.75, 3.05) is 13.1 Å². The van der Waals surface area contributed by atoms with Crippen molar-refractivity contribution < 1.29 is 17.9 Å². The molecule has 1 saturated carbocycles. The van der Waals surface area contributed by atoms with Gasteiger partial charge in [-0.3, -0.25) is 9.98 Å². The molecule has 1 atom stereocenters. The Hall–Kier alpha value is -2.83. The van der Waals surface area contributed by atoms with E-state index in [-0.39, 0.29) is 5.75 Å². The van der Waals surface area contributed by atoms with Gasteiger partial charge in [-0.25, -0.2) is 0 Å². The maximum atomic E-state index is 12.6. The van der Waals surface area contributed by atoms with Gasteiger partial charge >= 0.3 is 6.36 Å². The van der Waals surface area contributed by atoms with E-state index in [9.17, 15) is 13.2 Å². The van der Waals surface area contributed by atoms with E-state index in [0.717, 1.165) is 42.3 Å². The molecule has 0 N–H and O–H groups in total. The Balaban J connectivity index is 1.54. The third-order valence-electron chi connectivity index (χ3n) is 6.19. The summed E-state index contributed by atoms with van der Waals surface area (Å²) in [5.74, 6) is 1.44. The van der Waals surface area contributed by atoms with E-state index < -0.39 is 11.9 Å². The van der Waals surface area contributed by atoms with E-state index in [1.165, 1.54) is 37.0 Å². The van der Waals surface area contributed by atoms with E-state index in [1.807, 2.05) is 18.5 Å². The lowest BCUT2D eigenvalue weighted by molar-refractivity contribution is -0.274. The van der Waals surface area contributed by atoms with Gasteiger partial charge in [0.2, 0.25) is 0 Å². The van der Waals surface area contributed by atoms with Crippen molar-refractivity contribution in [3.05, 3.63) is 65.2 Å². The molecule has 0 aromatic heterocycles. The van der Waals surface area contributed by atoms with Crippen LogP contribution in [0.25, 0.3) is 0 Å². The molecule has 3 aliphatic rings. The van der Waals surface area contributed by atoms with Gasteiger partial charge in [-0.05, 0) is 54.0 Å². The number of nitrogens with zero attached hydrogens (tertiary/aromatic N) is 3. The lowest BCUT2D eigenvalue weighted by atomic mass is 9.81. The quantitative estimate of drug-likeness (QED) is 0.626. The number of aryl methyl sites for hydroxylation is 1. The first kappa shape index (κ1) is 20.1. The summed E-state index contributed by atoms with van der Waals surface area (Å²) in [5, 5.41) is 0. The Morgan fingerprint density at radius 1 is 1.06 bits per heavy atom. The molecule has 7 heteroatoms. The van der Waals surface area contributed by atoms with Crippen LogP contribution in [0.2, 0.25) is 0 Å². The van der Waals surface area contributed by atoms with Crippen LogP contribution in [0.3, 0.4) is 0 Å². The lowest BCUT2D eigenvalue weighted by Crippen LogP contribution is -2.43. The van der Waals surface area contributed by atoms with E-state index in [1.54, 1.807) is 12.1 Å². The Bertz CT molecular complexity index is 1010. The first-order valence-corrected chi connectivity index (χ1v) is 10.8. The van der Waals surface area contributed by atoms with Gasteiger partial charge in [-0.15, -0.1) is 13.2 Å². The zero-order valence-electron chi connectivity index (χ0n) is 17.1. The Labute approximate surface area is 179 Å². The van der Waals surface area contributed by atoms with Crippen LogP contribution in [0.15, 0.2) is 58.5 Å². The first-order valence-electron chi connectivity index (χ1n) is 10.8. The van der Waals surface area contributed by atoms with Crippen LogP contribution in [0.1, 0.15) is 42.4 Å². The Morgan fingerprint density at radius 3 is 2.61 bits per heavy atom. The second-order valence-electron chi connectivity index (χ2n) is 8.46. The summed E-state index contributed by atoms with van der Waals surface area (Å²) in [4.78, 5) is 11.8. The summed E-state index contributed by atoms with van der Waals surface area (Å²) >= 11 is 0. The van der Waals surface area contributed by atoms with Crippen molar-refractivity contribution in [3.63, 3.8) is 0 Å². The van der Waals surface area contributed by atoms with Crippen molar-refractivity contribution >= 4 is 12.2 Å². The van der Waals surface area contributed by atoms with Crippen LogP contribution in [-0.4, -0.2) is 36.5 Å². The first-order chi connectivity index (χ1) is 14.9. The molecular formula is C24H24F3N3O. The summed E-state index contributed by atoms with van der Waals surface area (Å²) in [6, 6.07) is 14.4. The number of hydrogen-bond donors (Lipinski definition) is 0. The molecule has 2 aromatic carbocycles. The SMILES string of the molecule is FC(F)(F)Oc1ccc(C2(c3cccc(CCC4CC4)c3)N=CN3CCCN=C32)cc1. The molecule has 5 rings (SSSR count). The molecular weight excluding hydrogens is 403 g/mol. The van der Waals surface area contributed by atoms with Gasteiger partial charge in [0.25, 0.3) is 0 Å². The van der Waals surface area contributed by atoms with E-state index in [4.69, 9.17) is 9.98 Å². The van der Waals surface area contributed by atoms with Gasteiger partial charge < -0.3 is 9.64 Å². The maximum absolute atomic E-state index is 12.6. The molecule has 1 unspecified atom stereocenters. The summed E-state index contributed by atoms with van der Waals surface area (Å²) < 4.78 is 41.9. The topological polar surface area (TPSA) is 37.2 Å². The Morgan fingerprint density at radius 2 is 1.87 bits per heavy atom. The summed E-state index contributed by atoms with van der Waals surface area (Å²) in [5.41, 5.74) is 2.17. The second-order valence-corrected chi connectivity index (χ2v) is 8.46. The minimum absolute atomic E-state index is 0.242. The number of benzene rings is 2. The number of alkyl halides is 3. The molecule has 2 heterocycles.